The first-order valence-corrected chi connectivity index (χ1v) is 6.01. The molecule has 1 aromatic carbocycles. The molecule has 4 heteroatoms. The van der Waals surface area contributed by atoms with Crippen molar-refractivity contribution in [1.82, 2.24) is 10.2 Å². The lowest BCUT2D eigenvalue weighted by atomic mass is 9.93. The summed E-state index contributed by atoms with van der Waals surface area (Å²) in [4.78, 5) is 13.5. The highest BCUT2D eigenvalue weighted by molar-refractivity contribution is 5.74. The molecule has 0 atom stereocenters. The number of hydrogen-bond acceptors (Lipinski definition) is 2. The van der Waals surface area contributed by atoms with Gasteiger partial charge >= 0.3 is 6.03 Å². The molecular formula is C13H19N3O. The van der Waals surface area contributed by atoms with E-state index < -0.39 is 0 Å². The van der Waals surface area contributed by atoms with Crippen LogP contribution in [0.5, 0.6) is 0 Å². The van der Waals surface area contributed by atoms with Gasteiger partial charge in [0.25, 0.3) is 0 Å². The maximum Gasteiger partial charge on any atom is 0.317 e. The van der Waals surface area contributed by atoms with E-state index in [0.29, 0.717) is 12.6 Å². The Balaban J connectivity index is 1.87. The smallest absolute Gasteiger partial charge is 0.317 e. The minimum absolute atomic E-state index is 0.00266. The highest BCUT2D eigenvalue weighted by atomic mass is 16.2. The van der Waals surface area contributed by atoms with Crippen LogP contribution in [0, 0.1) is 0 Å². The highest BCUT2D eigenvalue weighted by Gasteiger charge is 2.20. The van der Waals surface area contributed by atoms with Gasteiger partial charge in [0.2, 0.25) is 0 Å². The fourth-order valence-corrected chi connectivity index (χ4v) is 1.87. The molecule has 0 saturated heterocycles. The number of urea groups is 1. The van der Waals surface area contributed by atoms with Crippen molar-refractivity contribution in [2.45, 2.75) is 31.8 Å². The van der Waals surface area contributed by atoms with Crippen LogP contribution in [0.15, 0.2) is 24.3 Å². The molecule has 2 rings (SSSR count). The molecule has 1 aliphatic rings. The quantitative estimate of drug-likeness (QED) is 0.784. The second-order valence-electron chi connectivity index (χ2n) is 4.68. The fraction of sp³-hybridized carbons (Fsp3) is 0.462. The maximum absolute atomic E-state index is 11.8. The Labute approximate surface area is 102 Å². The van der Waals surface area contributed by atoms with Crippen LogP contribution in [-0.4, -0.2) is 24.0 Å². The summed E-state index contributed by atoms with van der Waals surface area (Å²) >= 11 is 0. The first kappa shape index (κ1) is 11.8. The van der Waals surface area contributed by atoms with E-state index in [4.69, 9.17) is 5.73 Å². The molecule has 1 aromatic rings. The summed E-state index contributed by atoms with van der Waals surface area (Å²) < 4.78 is 0. The van der Waals surface area contributed by atoms with Crippen molar-refractivity contribution in [2.75, 3.05) is 12.8 Å². The van der Waals surface area contributed by atoms with Gasteiger partial charge in [-0.05, 0) is 37.0 Å². The SMILES string of the molecule is CN(Cc1cccc(N)c1)C(=O)NC1CCC1. The summed E-state index contributed by atoms with van der Waals surface area (Å²) in [6.07, 6.45) is 3.44. The molecule has 0 heterocycles. The second kappa shape index (κ2) is 5.08. The molecule has 1 saturated carbocycles. The van der Waals surface area contributed by atoms with E-state index in [9.17, 15) is 4.79 Å². The summed E-state index contributed by atoms with van der Waals surface area (Å²) in [5.74, 6) is 0. The Bertz CT molecular complexity index is 401. The van der Waals surface area contributed by atoms with Gasteiger partial charge in [-0.2, -0.15) is 0 Å². The lowest BCUT2D eigenvalue weighted by Gasteiger charge is -2.29. The van der Waals surface area contributed by atoms with Crippen LogP contribution in [0.1, 0.15) is 24.8 Å². The van der Waals surface area contributed by atoms with Gasteiger partial charge in [-0.1, -0.05) is 12.1 Å². The third kappa shape index (κ3) is 3.12. The number of anilines is 1. The van der Waals surface area contributed by atoms with Crippen LogP contribution < -0.4 is 11.1 Å². The van der Waals surface area contributed by atoms with E-state index in [2.05, 4.69) is 5.32 Å². The van der Waals surface area contributed by atoms with E-state index in [0.717, 1.165) is 24.1 Å². The van der Waals surface area contributed by atoms with Gasteiger partial charge in [0.05, 0.1) is 0 Å². The topological polar surface area (TPSA) is 58.4 Å². The van der Waals surface area contributed by atoms with E-state index in [1.165, 1.54) is 6.42 Å². The lowest BCUT2D eigenvalue weighted by Crippen LogP contribution is -2.45. The van der Waals surface area contributed by atoms with Crippen LogP contribution in [-0.2, 0) is 6.54 Å². The van der Waals surface area contributed by atoms with Crippen molar-refractivity contribution in [3.8, 4) is 0 Å². The van der Waals surface area contributed by atoms with Crippen molar-refractivity contribution >= 4 is 11.7 Å². The van der Waals surface area contributed by atoms with Crippen molar-refractivity contribution in [3.63, 3.8) is 0 Å². The van der Waals surface area contributed by atoms with Crippen molar-refractivity contribution in [3.05, 3.63) is 29.8 Å². The number of nitrogen functional groups attached to an aromatic ring is 1. The molecule has 1 aliphatic carbocycles. The van der Waals surface area contributed by atoms with Gasteiger partial charge in [-0.3, -0.25) is 0 Å². The van der Waals surface area contributed by atoms with E-state index in [1.807, 2.05) is 24.3 Å². The maximum atomic E-state index is 11.8. The standard InChI is InChI=1S/C13H19N3O/c1-16(13(17)15-12-6-3-7-12)9-10-4-2-5-11(14)8-10/h2,4-5,8,12H,3,6-7,9,14H2,1H3,(H,15,17). The summed E-state index contributed by atoms with van der Waals surface area (Å²) in [6.45, 7) is 0.587. The Hall–Kier alpha value is -1.71. The number of carbonyl (C=O) groups is 1. The molecule has 1 fully saturated rings. The van der Waals surface area contributed by atoms with Crippen molar-refractivity contribution < 1.29 is 4.79 Å². The second-order valence-corrected chi connectivity index (χ2v) is 4.68. The predicted octanol–water partition coefficient (Wildman–Crippen LogP) is 1.96. The summed E-state index contributed by atoms with van der Waals surface area (Å²) in [6, 6.07) is 8.00. The summed E-state index contributed by atoms with van der Waals surface area (Å²) in [5.41, 5.74) is 7.49. The number of rotatable bonds is 3. The number of hydrogen-bond donors (Lipinski definition) is 2. The monoisotopic (exact) mass is 233 g/mol. The molecule has 0 aromatic heterocycles. The normalized spacial score (nSPS) is 15.1. The minimum atomic E-state index is -0.00266. The third-order valence-electron chi connectivity index (χ3n) is 3.15. The molecule has 2 amide bonds. The summed E-state index contributed by atoms with van der Waals surface area (Å²) in [5, 5.41) is 3.01. The van der Waals surface area contributed by atoms with Crippen molar-refractivity contribution in [1.29, 1.82) is 0 Å². The molecule has 0 aliphatic heterocycles. The lowest BCUT2D eigenvalue weighted by molar-refractivity contribution is 0.195. The van der Waals surface area contributed by atoms with Gasteiger partial charge in [0.15, 0.2) is 0 Å². The number of carbonyl (C=O) groups excluding carboxylic acids is 1. The largest absolute Gasteiger partial charge is 0.399 e. The fourth-order valence-electron chi connectivity index (χ4n) is 1.87. The number of benzene rings is 1. The molecular weight excluding hydrogens is 214 g/mol. The Morgan fingerprint density at radius 3 is 2.88 bits per heavy atom. The van der Waals surface area contributed by atoms with Crippen LogP contribution in [0.2, 0.25) is 0 Å². The molecule has 4 nitrogen and oxygen atoms in total. The van der Waals surface area contributed by atoms with Gasteiger partial charge < -0.3 is 16.0 Å². The zero-order valence-electron chi connectivity index (χ0n) is 10.1. The molecule has 17 heavy (non-hydrogen) atoms. The average Bonchev–Trinajstić information content (AvgIpc) is 2.23. The summed E-state index contributed by atoms with van der Waals surface area (Å²) in [7, 11) is 1.80. The Kier molecular flexibility index (Phi) is 3.52. The van der Waals surface area contributed by atoms with Crippen molar-refractivity contribution in [2.24, 2.45) is 0 Å². The van der Waals surface area contributed by atoms with Crippen LogP contribution in [0.25, 0.3) is 0 Å². The van der Waals surface area contributed by atoms with E-state index >= 15 is 0 Å². The molecule has 0 radical (unpaired) electrons. The first-order chi connectivity index (χ1) is 8.15. The van der Waals surface area contributed by atoms with Crippen LogP contribution >= 0.6 is 0 Å². The predicted molar refractivity (Wildman–Crippen MR) is 68.5 cm³/mol. The van der Waals surface area contributed by atoms with Crippen LogP contribution in [0.4, 0.5) is 10.5 Å². The minimum Gasteiger partial charge on any atom is -0.399 e. The zero-order chi connectivity index (χ0) is 12.3. The number of amides is 2. The van der Waals surface area contributed by atoms with E-state index in [1.54, 1.807) is 11.9 Å². The Morgan fingerprint density at radius 1 is 1.53 bits per heavy atom. The van der Waals surface area contributed by atoms with Gasteiger partial charge in [0.1, 0.15) is 0 Å². The molecule has 0 spiro atoms. The number of nitrogens with zero attached hydrogens (tertiary/aromatic N) is 1. The molecule has 92 valence electrons. The zero-order valence-corrected chi connectivity index (χ0v) is 10.1. The molecule has 0 bridgehead atoms. The highest BCUT2D eigenvalue weighted by Crippen LogP contribution is 2.18. The Morgan fingerprint density at radius 2 is 2.29 bits per heavy atom. The van der Waals surface area contributed by atoms with Gasteiger partial charge in [-0.25, -0.2) is 4.79 Å². The first-order valence-electron chi connectivity index (χ1n) is 6.01. The molecule has 3 N–H and O–H groups in total. The third-order valence-corrected chi connectivity index (χ3v) is 3.15. The van der Waals surface area contributed by atoms with E-state index in [-0.39, 0.29) is 6.03 Å². The average molecular weight is 233 g/mol. The van der Waals surface area contributed by atoms with Gasteiger partial charge in [-0.15, -0.1) is 0 Å². The number of nitrogens with two attached hydrogens (primary N) is 1. The molecule has 0 unspecified atom stereocenters. The number of nitrogens with one attached hydrogen (secondary N) is 1. The van der Waals surface area contributed by atoms with Crippen LogP contribution in [0.3, 0.4) is 0 Å². The van der Waals surface area contributed by atoms with Gasteiger partial charge in [0, 0.05) is 25.3 Å².